The van der Waals surface area contributed by atoms with Gasteiger partial charge in [0, 0.05) is 0 Å². The van der Waals surface area contributed by atoms with Crippen molar-refractivity contribution in [2.75, 3.05) is 7.11 Å². The average molecular weight is 350 g/mol. The number of nitriles is 1. The van der Waals surface area contributed by atoms with Crippen LogP contribution in [0.3, 0.4) is 0 Å². The van der Waals surface area contributed by atoms with Gasteiger partial charge in [-0.2, -0.15) is 10.4 Å². The number of methoxy groups -OCH3 is 1. The first kappa shape index (κ1) is 18.8. The van der Waals surface area contributed by atoms with E-state index in [1.165, 1.54) is 25.5 Å². The Balaban J connectivity index is 2.50. The number of ether oxygens (including phenoxy) is 1. The molecule has 1 unspecified atom stereocenters. The van der Waals surface area contributed by atoms with E-state index in [2.05, 4.69) is 16.3 Å². The highest BCUT2D eigenvalue weighted by Gasteiger charge is 2.10. The van der Waals surface area contributed by atoms with Gasteiger partial charge in [-0.1, -0.05) is 18.2 Å². The summed E-state index contributed by atoms with van der Waals surface area (Å²) in [4.78, 5) is 11.4. The van der Waals surface area contributed by atoms with Crippen LogP contribution in [0.15, 0.2) is 52.7 Å². The topological polar surface area (TPSA) is 121 Å². The SMILES string of the molecule is CO/C(=N\N=C\c1cc(C(=O)O)cc(-c2ccccc2C#N)c1)C(C)N. The zero-order valence-electron chi connectivity index (χ0n) is 14.4. The Morgan fingerprint density at radius 1 is 1.35 bits per heavy atom. The molecule has 7 heteroatoms. The third-order valence-electron chi connectivity index (χ3n) is 3.52. The lowest BCUT2D eigenvalue weighted by molar-refractivity contribution is 0.0697. The molecule has 2 rings (SSSR count). The molecule has 0 saturated heterocycles. The Labute approximate surface area is 151 Å². The van der Waals surface area contributed by atoms with Crippen molar-refractivity contribution in [1.29, 1.82) is 5.26 Å². The molecule has 0 amide bonds. The Morgan fingerprint density at radius 2 is 2.08 bits per heavy atom. The average Bonchev–Trinajstić information content (AvgIpc) is 2.64. The number of aromatic carboxylic acids is 1. The summed E-state index contributed by atoms with van der Waals surface area (Å²) in [6, 6.07) is 13.4. The summed E-state index contributed by atoms with van der Waals surface area (Å²) >= 11 is 0. The number of rotatable bonds is 5. The molecule has 2 aromatic carbocycles. The summed E-state index contributed by atoms with van der Waals surface area (Å²) in [5, 5.41) is 26.4. The van der Waals surface area contributed by atoms with Gasteiger partial charge in [-0.15, -0.1) is 5.10 Å². The molecule has 0 aliphatic rings. The minimum atomic E-state index is -1.08. The molecular weight excluding hydrogens is 332 g/mol. The van der Waals surface area contributed by atoms with E-state index in [9.17, 15) is 15.2 Å². The van der Waals surface area contributed by atoms with Crippen molar-refractivity contribution in [2.45, 2.75) is 13.0 Å². The second kappa shape index (κ2) is 8.55. The first-order valence-electron chi connectivity index (χ1n) is 7.74. The smallest absolute Gasteiger partial charge is 0.335 e. The van der Waals surface area contributed by atoms with Gasteiger partial charge in [0.15, 0.2) is 0 Å². The Hall–Kier alpha value is -3.50. The van der Waals surface area contributed by atoms with E-state index >= 15 is 0 Å². The number of hydrogen-bond donors (Lipinski definition) is 2. The number of hydrogen-bond acceptors (Lipinski definition) is 6. The van der Waals surface area contributed by atoms with E-state index in [4.69, 9.17) is 10.5 Å². The molecule has 0 aromatic heterocycles. The van der Waals surface area contributed by atoms with Crippen molar-refractivity contribution in [3.8, 4) is 17.2 Å². The summed E-state index contributed by atoms with van der Waals surface area (Å²) < 4.78 is 5.02. The molecule has 3 N–H and O–H groups in total. The summed E-state index contributed by atoms with van der Waals surface area (Å²) in [5.74, 6) is -0.821. The zero-order chi connectivity index (χ0) is 19.1. The van der Waals surface area contributed by atoms with Crippen molar-refractivity contribution in [3.05, 3.63) is 59.2 Å². The van der Waals surface area contributed by atoms with Crippen LogP contribution in [-0.4, -0.2) is 36.3 Å². The molecule has 0 aliphatic heterocycles. The minimum Gasteiger partial charge on any atom is -0.482 e. The number of nitrogens with zero attached hydrogens (tertiary/aromatic N) is 3. The fourth-order valence-electron chi connectivity index (χ4n) is 2.31. The summed E-state index contributed by atoms with van der Waals surface area (Å²) in [7, 11) is 1.44. The molecule has 0 saturated carbocycles. The van der Waals surface area contributed by atoms with E-state index < -0.39 is 12.0 Å². The van der Waals surface area contributed by atoms with E-state index in [0.717, 1.165) is 0 Å². The fourth-order valence-corrected chi connectivity index (χ4v) is 2.31. The summed E-state index contributed by atoms with van der Waals surface area (Å²) in [6.07, 6.45) is 1.41. The van der Waals surface area contributed by atoms with Crippen molar-refractivity contribution < 1.29 is 14.6 Å². The van der Waals surface area contributed by atoms with Gasteiger partial charge in [-0.25, -0.2) is 4.79 Å². The Bertz CT molecular complexity index is 911. The van der Waals surface area contributed by atoms with Crippen LogP contribution in [-0.2, 0) is 4.74 Å². The number of carboxylic acids is 1. The summed E-state index contributed by atoms with van der Waals surface area (Å²) in [5.41, 5.74) is 7.99. The van der Waals surface area contributed by atoms with Crippen LogP contribution in [0, 0.1) is 11.3 Å². The highest BCUT2D eigenvalue weighted by Crippen LogP contribution is 2.25. The van der Waals surface area contributed by atoms with Crippen LogP contribution >= 0.6 is 0 Å². The predicted octanol–water partition coefficient (Wildman–Crippen LogP) is 2.65. The molecule has 0 fully saturated rings. The molecular formula is C19H18N4O3. The van der Waals surface area contributed by atoms with Crippen molar-refractivity contribution in [2.24, 2.45) is 15.9 Å². The lowest BCUT2D eigenvalue weighted by atomic mass is 9.96. The second-order valence-corrected chi connectivity index (χ2v) is 5.48. The third kappa shape index (κ3) is 4.53. The highest BCUT2D eigenvalue weighted by atomic mass is 16.5. The second-order valence-electron chi connectivity index (χ2n) is 5.48. The maximum Gasteiger partial charge on any atom is 0.335 e. The number of benzene rings is 2. The molecule has 0 bridgehead atoms. The minimum absolute atomic E-state index is 0.0832. The third-order valence-corrected chi connectivity index (χ3v) is 3.52. The lowest BCUT2D eigenvalue weighted by Gasteiger charge is -2.07. The number of carboxylic acid groups (broad SMARTS) is 1. The molecule has 132 valence electrons. The van der Waals surface area contributed by atoms with E-state index in [1.54, 1.807) is 37.3 Å². The quantitative estimate of drug-likeness (QED) is 0.488. The van der Waals surface area contributed by atoms with Gasteiger partial charge in [0.05, 0.1) is 36.6 Å². The van der Waals surface area contributed by atoms with Crippen LogP contribution in [0.5, 0.6) is 0 Å². The van der Waals surface area contributed by atoms with E-state index in [1.807, 2.05) is 0 Å². The fraction of sp³-hybridized carbons (Fsp3) is 0.158. The molecule has 0 radical (unpaired) electrons. The van der Waals surface area contributed by atoms with Crippen LogP contribution in [0.4, 0.5) is 0 Å². The number of nitrogens with two attached hydrogens (primary N) is 1. The molecule has 7 nitrogen and oxygen atoms in total. The standard InChI is InChI=1S/C19H18N4O3/c1-12(21)18(26-2)23-22-11-13-7-15(9-16(8-13)19(24)25)17-6-4-3-5-14(17)10-20/h3-9,11-12H,21H2,1-2H3,(H,24,25)/b22-11+,23-18-. The van der Waals surface area contributed by atoms with Crippen molar-refractivity contribution in [3.63, 3.8) is 0 Å². The van der Waals surface area contributed by atoms with E-state index in [0.29, 0.717) is 22.3 Å². The largest absolute Gasteiger partial charge is 0.482 e. The van der Waals surface area contributed by atoms with Gasteiger partial charge in [-0.3, -0.25) is 0 Å². The molecule has 0 heterocycles. The van der Waals surface area contributed by atoms with Crippen LogP contribution < -0.4 is 5.73 Å². The Morgan fingerprint density at radius 3 is 2.69 bits per heavy atom. The summed E-state index contributed by atoms with van der Waals surface area (Å²) in [6.45, 7) is 1.71. The molecule has 1 atom stereocenters. The highest BCUT2D eigenvalue weighted by molar-refractivity contribution is 5.94. The van der Waals surface area contributed by atoms with Gasteiger partial charge in [0.2, 0.25) is 5.90 Å². The Kier molecular flexibility index (Phi) is 6.20. The van der Waals surface area contributed by atoms with Crippen molar-refractivity contribution >= 4 is 18.1 Å². The van der Waals surface area contributed by atoms with Gasteiger partial charge in [0.25, 0.3) is 0 Å². The van der Waals surface area contributed by atoms with Crippen LogP contribution in [0.2, 0.25) is 0 Å². The first-order chi connectivity index (χ1) is 12.5. The predicted molar refractivity (Wildman–Crippen MR) is 99.2 cm³/mol. The molecule has 2 aromatic rings. The lowest BCUT2D eigenvalue weighted by Crippen LogP contribution is -2.27. The van der Waals surface area contributed by atoms with Gasteiger partial charge >= 0.3 is 5.97 Å². The normalized spacial score (nSPS) is 12.6. The molecule has 0 spiro atoms. The maximum atomic E-state index is 11.4. The van der Waals surface area contributed by atoms with Gasteiger partial charge in [-0.05, 0) is 47.9 Å². The monoisotopic (exact) mass is 350 g/mol. The van der Waals surface area contributed by atoms with Gasteiger partial charge < -0.3 is 15.6 Å². The van der Waals surface area contributed by atoms with Crippen LogP contribution in [0.25, 0.3) is 11.1 Å². The molecule has 26 heavy (non-hydrogen) atoms. The van der Waals surface area contributed by atoms with Gasteiger partial charge in [0.1, 0.15) is 0 Å². The zero-order valence-corrected chi connectivity index (χ0v) is 14.4. The van der Waals surface area contributed by atoms with Crippen molar-refractivity contribution in [1.82, 2.24) is 0 Å². The number of carbonyl (C=O) groups is 1. The van der Waals surface area contributed by atoms with Crippen LogP contribution in [0.1, 0.15) is 28.4 Å². The molecule has 0 aliphatic carbocycles. The first-order valence-corrected chi connectivity index (χ1v) is 7.74. The maximum absolute atomic E-state index is 11.4. The van der Waals surface area contributed by atoms with E-state index in [-0.39, 0.29) is 11.5 Å².